The Hall–Kier alpha value is -1.03. The molecule has 0 atom stereocenters. The molecular weight excluding hydrogens is 152 g/mol. The molecule has 0 amide bonds. The Balaban J connectivity index is 2.46. The van der Waals surface area contributed by atoms with Gasteiger partial charge in [-0.1, -0.05) is 0 Å². The van der Waals surface area contributed by atoms with E-state index in [-0.39, 0.29) is 0 Å². The summed E-state index contributed by atoms with van der Waals surface area (Å²) in [5.41, 5.74) is 2.56. The zero-order valence-electron chi connectivity index (χ0n) is 7.52. The maximum absolute atomic E-state index is 4.44. The Bertz CT molecular complexity index is 289. The third kappa shape index (κ3) is 0.992. The Labute approximate surface area is 72.0 Å². The summed E-state index contributed by atoms with van der Waals surface area (Å²) in [5.74, 6) is 1.14. The fraction of sp³-hybridized carbons (Fsp3) is 0.625. The second kappa shape index (κ2) is 2.79. The Morgan fingerprint density at radius 2 is 2.42 bits per heavy atom. The summed E-state index contributed by atoms with van der Waals surface area (Å²) >= 11 is 0. The van der Waals surface area contributed by atoms with Crippen LogP contribution in [0.3, 0.4) is 0 Å². The van der Waals surface area contributed by atoms with Crippen LogP contribution in [0.1, 0.15) is 11.3 Å². The maximum atomic E-state index is 4.44. The van der Waals surface area contributed by atoms with Gasteiger partial charge in [0.15, 0.2) is 0 Å². The van der Waals surface area contributed by atoms with Gasteiger partial charge in [0.25, 0.3) is 0 Å². The average molecular weight is 166 g/mol. The van der Waals surface area contributed by atoms with Crippen molar-refractivity contribution in [2.45, 2.75) is 13.0 Å². The molecule has 0 radical (unpaired) electrons. The van der Waals surface area contributed by atoms with Gasteiger partial charge in [0.05, 0.1) is 5.69 Å². The molecule has 2 heterocycles. The van der Waals surface area contributed by atoms with Gasteiger partial charge in [-0.05, 0) is 0 Å². The van der Waals surface area contributed by atoms with Gasteiger partial charge in [0, 0.05) is 39.2 Å². The first-order valence-electron chi connectivity index (χ1n) is 4.26. The van der Waals surface area contributed by atoms with Crippen molar-refractivity contribution in [2.24, 2.45) is 7.05 Å². The van der Waals surface area contributed by atoms with Crippen LogP contribution < -0.4 is 10.6 Å². The van der Waals surface area contributed by atoms with Gasteiger partial charge in [0.2, 0.25) is 0 Å². The Kier molecular flexibility index (Phi) is 1.77. The van der Waals surface area contributed by atoms with Gasteiger partial charge in [-0.2, -0.15) is 5.10 Å². The van der Waals surface area contributed by atoms with Crippen LogP contribution in [0, 0.1) is 0 Å². The van der Waals surface area contributed by atoms with E-state index in [1.807, 2.05) is 18.8 Å². The van der Waals surface area contributed by atoms with Crippen LogP contribution in [0.4, 0.5) is 5.82 Å². The summed E-state index contributed by atoms with van der Waals surface area (Å²) < 4.78 is 1.91. The number of nitrogens with one attached hydrogen (secondary N) is 2. The predicted molar refractivity (Wildman–Crippen MR) is 48.2 cm³/mol. The van der Waals surface area contributed by atoms with E-state index in [0.717, 1.165) is 25.3 Å². The van der Waals surface area contributed by atoms with Crippen LogP contribution in [-0.2, 0) is 20.0 Å². The Morgan fingerprint density at radius 1 is 1.58 bits per heavy atom. The second-order valence-electron chi connectivity index (χ2n) is 3.07. The number of hydrogen-bond donors (Lipinski definition) is 2. The molecule has 1 aliphatic heterocycles. The Morgan fingerprint density at radius 3 is 3.17 bits per heavy atom. The molecular formula is C8H14N4. The van der Waals surface area contributed by atoms with E-state index in [9.17, 15) is 0 Å². The molecule has 1 aromatic rings. The molecule has 0 aromatic carbocycles. The van der Waals surface area contributed by atoms with Gasteiger partial charge in [0.1, 0.15) is 5.82 Å². The number of anilines is 1. The zero-order valence-corrected chi connectivity index (χ0v) is 7.52. The summed E-state index contributed by atoms with van der Waals surface area (Å²) in [6, 6.07) is 0. The number of aromatic nitrogens is 2. The number of aryl methyl sites for hydroxylation is 1. The lowest BCUT2D eigenvalue weighted by molar-refractivity contribution is 0.633. The summed E-state index contributed by atoms with van der Waals surface area (Å²) in [4.78, 5) is 0. The van der Waals surface area contributed by atoms with E-state index in [0.29, 0.717) is 0 Å². The molecule has 0 bridgehead atoms. The summed E-state index contributed by atoms with van der Waals surface area (Å²) in [6.07, 6.45) is 1.05. The van der Waals surface area contributed by atoms with E-state index >= 15 is 0 Å². The fourth-order valence-electron chi connectivity index (χ4n) is 1.74. The minimum Gasteiger partial charge on any atom is -0.373 e. The predicted octanol–water partition coefficient (Wildman–Crippen LogP) is 0.107. The van der Waals surface area contributed by atoms with Gasteiger partial charge < -0.3 is 10.6 Å². The third-order valence-electron chi connectivity index (χ3n) is 2.31. The highest BCUT2D eigenvalue weighted by Crippen LogP contribution is 2.20. The second-order valence-corrected chi connectivity index (χ2v) is 3.07. The highest BCUT2D eigenvalue weighted by atomic mass is 15.3. The van der Waals surface area contributed by atoms with E-state index in [1.165, 1.54) is 11.3 Å². The normalized spacial score (nSPS) is 15.8. The highest BCUT2D eigenvalue weighted by molar-refractivity contribution is 5.48. The quantitative estimate of drug-likeness (QED) is 0.622. The number of hydrogen-bond acceptors (Lipinski definition) is 3. The molecule has 0 aliphatic carbocycles. The van der Waals surface area contributed by atoms with Crippen molar-refractivity contribution in [3.63, 3.8) is 0 Å². The van der Waals surface area contributed by atoms with Crippen LogP contribution >= 0.6 is 0 Å². The van der Waals surface area contributed by atoms with Gasteiger partial charge in [-0.25, -0.2) is 0 Å². The average Bonchev–Trinajstić information content (AvgIpc) is 2.40. The molecule has 1 aliphatic rings. The molecule has 12 heavy (non-hydrogen) atoms. The first kappa shape index (κ1) is 7.61. The first-order chi connectivity index (χ1) is 5.83. The standard InChI is InChI=1S/C8H14N4/c1-9-8-6-5-10-4-3-7(6)11-12(8)2/h9-10H,3-5H2,1-2H3. The van der Waals surface area contributed by atoms with Crippen LogP contribution in [0.5, 0.6) is 0 Å². The summed E-state index contributed by atoms with van der Waals surface area (Å²) in [6.45, 7) is 1.99. The first-order valence-corrected chi connectivity index (χ1v) is 4.26. The van der Waals surface area contributed by atoms with Crippen molar-refractivity contribution in [3.8, 4) is 0 Å². The van der Waals surface area contributed by atoms with Crippen molar-refractivity contribution in [1.29, 1.82) is 0 Å². The lowest BCUT2D eigenvalue weighted by atomic mass is 10.1. The van der Waals surface area contributed by atoms with Crippen molar-refractivity contribution >= 4 is 5.82 Å². The fourth-order valence-corrected chi connectivity index (χ4v) is 1.74. The minimum absolute atomic E-state index is 0.944. The lowest BCUT2D eigenvalue weighted by Gasteiger charge is -2.12. The molecule has 4 heteroatoms. The largest absolute Gasteiger partial charge is 0.373 e. The van der Waals surface area contributed by atoms with E-state index in [4.69, 9.17) is 0 Å². The smallest absolute Gasteiger partial charge is 0.128 e. The van der Waals surface area contributed by atoms with Crippen LogP contribution in [0.2, 0.25) is 0 Å². The molecule has 0 saturated heterocycles. The van der Waals surface area contributed by atoms with Gasteiger partial charge >= 0.3 is 0 Å². The topological polar surface area (TPSA) is 41.9 Å². The molecule has 0 fully saturated rings. The molecule has 4 nitrogen and oxygen atoms in total. The zero-order chi connectivity index (χ0) is 8.55. The van der Waals surface area contributed by atoms with Crippen molar-refractivity contribution < 1.29 is 0 Å². The van der Waals surface area contributed by atoms with Crippen LogP contribution in [0.25, 0.3) is 0 Å². The van der Waals surface area contributed by atoms with Crippen molar-refractivity contribution in [1.82, 2.24) is 15.1 Å². The minimum atomic E-state index is 0.944. The van der Waals surface area contributed by atoms with E-state index in [1.54, 1.807) is 0 Å². The number of nitrogens with zero attached hydrogens (tertiary/aromatic N) is 2. The molecule has 2 rings (SSSR count). The van der Waals surface area contributed by atoms with Crippen molar-refractivity contribution in [2.75, 3.05) is 18.9 Å². The summed E-state index contributed by atoms with van der Waals surface area (Å²) in [7, 11) is 3.91. The molecule has 0 saturated carbocycles. The molecule has 66 valence electrons. The third-order valence-corrected chi connectivity index (χ3v) is 2.31. The number of fused-ring (bicyclic) bond motifs is 1. The molecule has 0 unspecified atom stereocenters. The highest BCUT2D eigenvalue weighted by Gasteiger charge is 2.17. The summed E-state index contributed by atoms with van der Waals surface area (Å²) in [5, 5.41) is 10.9. The van der Waals surface area contributed by atoms with E-state index < -0.39 is 0 Å². The van der Waals surface area contributed by atoms with Gasteiger partial charge in [-0.15, -0.1) is 0 Å². The van der Waals surface area contributed by atoms with E-state index in [2.05, 4.69) is 15.7 Å². The molecule has 0 spiro atoms. The lowest BCUT2D eigenvalue weighted by Crippen LogP contribution is -2.23. The van der Waals surface area contributed by atoms with Gasteiger partial charge in [-0.3, -0.25) is 4.68 Å². The van der Waals surface area contributed by atoms with Crippen molar-refractivity contribution in [3.05, 3.63) is 11.3 Å². The molecule has 2 N–H and O–H groups in total. The maximum Gasteiger partial charge on any atom is 0.128 e. The number of rotatable bonds is 1. The monoisotopic (exact) mass is 166 g/mol. The SMILES string of the molecule is CNc1c2c(nn1C)CCNC2. The molecule has 1 aromatic heterocycles. The van der Waals surface area contributed by atoms with Crippen LogP contribution in [-0.4, -0.2) is 23.4 Å². The van der Waals surface area contributed by atoms with Crippen LogP contribution in [0.15, 0.2) is 0 Å².